The molecule has 2 aromatic heterocycles. The van der Waals surface area contributed by atoms with E-state index in [1.54, 1.807) is 30.1 Å². The minimum Gasteiger partial charge on any atom is -0.495 e. The van der Waals surface area contributed by atoms with Gasteiger partial charge >= 0.3 is 0 Å². The first-order valence-electron chi connectivity index (χ1n) is 7.31. The summed E-state index contributed by atoms with van der Waals surface area (Å²) < 4.78 is 39.6. The van der Waals surface area contributed by atoms with Crippen LogP contribution in [-0.2, 0) is 23.6 Å². The van der Waals surface area contributed by atoms with Crippen molar-refractivity contribution in [2.24, 2.45) is 7.05 Å². The molecule has 0 unspecified atom stereocenters. The highest BCUT2D eigenvalue weighted by Gasteiger charge is 2.17. The molecule has 0 atom stereocenters. The van der Waals surface area contributed by atoms with E-state index >= 15 is 0 Å². The van der Waals surface area contributed by atoms with Crippen LogP contribution in [0.3, 0.4) is 0 Å². The molecule has 0 fully saturated rings. The van der Waals surface area contributed by atoms with Gasteiger partial charge in [0, 0.05) is 13.2 Å². The van der Waals surface area contributed by atoms with E-state index in [0.29, 0.717) is 17.3 Å². The maximum absolute atomic E-state index is 12.4. The van der Waals surface area contributed by atoms with Gasteiger partial charge in [0.25, 0.3) is 0 Å². The number of benzene rings is 1. The van der Waals surface area contributed by atoms with Gasteiger partial charge in [-0.05, 0) is 36.4 Å². The first kappa shape index (κ1) is 17.5. The van der Waals surface area contributed by atoms with Gasteiger partial charge in [0.1, 0.15) is 17.2 Å². The number of sulfonamides is 1. The van der Waals surface area contributed by atoms with Gasteiger partial charge in [0.2, 0.25) is 10.0 Å². The molecule has 0 aliphatic rings. The minimum absolute atomic E-state index is 0.0177. The first-order chi connectivity index (χ1) is 11.9. The summed E-state index contributed by atoms with van der Waals surface area (Å²) in [6.45, 7) is 0.0177. The van der Waals surface area contributed by atoms with Crippen molar-refractivity contribution in [2.75, 3.05) is 7.11 Å². The van der Waals surface area contributed by atoms with Gasteiger partial charge in [0.15, 0.2) is 5.76 Å². The summed E-state index contributed by atoms with van der Waals surface area (Å²) in [4.78, 5) is 0.0525. The molecule has 0 aliphatic heterocycles. The van der Waals surface area contributed by atoms with Crippen molar-refractivity contribution >= 4 is 21.6 Å². The largest absolute Gasteiger partial charge is 0.495 e. The molecule has 25 heavy (non-hydrogen) atoms. The SMILES string of the molecule is COc1ccc(S(=O)(=O)NCc2ccc(-c3ccnn3C)o2)cc1Cl. The van der Waals surface area contributed by atoms with E-state index < -0.39 is 10.0 Å². The van der Waals surface area contributed by atoms with Crippen molar-refractivity contribution in [1.29, 1.82) is 0 Å². The van der Waals surface area contributed by atoms with Crippen molar-refractivity contribution < 1.29 is 17.6 Å². The van der Waals surface area contributed by atoms with Gasteiger partial charge in [-0.3, -0.25) is 4.68 Å². The van der Waals surface area contributed by atoms with Crippen molar-refractivity contribution in [3.05, 3.63) is 53.4 Å². The number of hydrogen-bond acceptors (Lipinski definition) is 5. The number of furan rings is 1. The summed E-state index contributed by atoms with van der Waals surface area (Å²) in [6, 6.07) is 9.56. The Morgan fingerprint density at radius 3 is 2.72 bits per heavy atom. The lowest BCUT2D eigenvalue weighted by Gasteiger charge is -2.08. The van der Waals surface area contributed by atoms with Crippen molar-refractivity contribution in [2.45, 2.75) is 11.4 Å². The molecule has 0 radical (unpaired) electrons. The molecule has 3 rings (SSSR count). The zero-order valence-electron chi connectivity index (χ0n) is 13.6. The zero-order chi connectivity index (χ0) is 18.0. The highest BCUT2D eigenvalue weighted by molar-refractivity contribution is 7.89. The van der Waals surface area contributed by atoms with Crippen molar-refractivity contribution in [3.8, 4) is 17.2 Å². The van der Waals surface area contributed by atoms with Gasteiger partial charge < -0.3 is 9.15 Å². The van der Waals surface area contributed by atoms with E-state index in [0.717, 1.165) is 5.69 Å². The van der Waals surface area contributed by atoms with Crippen LogP contribution in [0.15, 0.2) is 51.9 Å². The Kier molecular flexibility index (Phi) is 4.85. The van der Waals surface area contributed by atoms with Crippen LogP contribution in [0.1, 0.15) is 5.76 Å². The quantitative estimate of drug-likeness (QED) is 0.709. The molecular formula is C16H16ClN3O4S. The van der Waals surface area contributed by atoms with E-state index in [2.05, 4.69) is 9.82 Å². The smallest absolute Gasteiger partial charge is 0.241 e. The van der Waals surface area contributed by atoms with Gasteiger partial charge in [-0.15, -0.1) is 0 Å². The summed E-state index contributed by atoms with van der Waals surface area (Å²) in [5.41, 5.74) is 0.802. The predicted molar refractivity (Wildman–Crippen MR) is 92.9 cm³/mol. The fourth-order valence-corrected chi connectivity index (χ4v) is 3.63. The number of aryl methyl sites for hydroxylation is 1. The Hall–Kier alpha value is -2.29. The standard InChI is InChI=1S/C16H16ClN3O4S/c1-20-14(7-8-18-20)16-5-3-11(24-16)10-19-25(21,22)12-4-6-15(23-2)13(17)9-12/h3-9,19H,10H2,1-2H3. The van der Waals surface area contributed by atoms with Crippen LogP contribution in [0.2, 0.25) is 5.02 Å². The lowest BCUT2D eigenvalue weighted by Crippen LogP contribution is -2.23. The molecule has 1 aromatic carbocycles. The maximum atomic E-state index is 12.4. The third-order valence-electron chi connectivity index (χ3n) is 3.60. The number of aromatic nitrogens is 2. The Balaban J connectivity index is 1.74. The van der Waals surface area contributed by atoms with Gasteiger partial charge in [-0.25, -0.2) is 13.1 Å². The number of nitrogens with one attached hydrogen (secondary N) is 1. The number of hydrogen-bond donors (Lipinski definition) is 1. The van der Waals surface area contributed by atoms with Crippen LogP contribution in [0.5, 0.6) is 5.75 Å². The molecule has 7 nitrogen and oxygen atoms in total. The highest BCUT2D eigenvalue weighted by atomic mass is 35.5. The Morgan fingerprint density at radius 2 is 2.08 bits per heavy atom. The second kappa shape index (κ2) is 6.91. The van der Waals surface area contributed by atoms with E-state index in [4.69, 9.17) is 20.8 Å². The number of rotatable bonds is 6. The zero-order valence-corrected chi connectivity index (χ0v) is 15.1. The van der Waals surface area contributed by atoms with Crippen LogP contribution >= 0.6 is 11.6 Å². The van der Waals surface area contributed by atoms with Gasteiger partial charge in [-0.1, -0.05) is 11.6 Å². The summed E-state index contributed by atoms with van der Waals surface area (Å²) in [5, 5.41) is 4.30. The molecule has 0 spiro atoms. The topological polar surface area (TPSA) is 86.4 Å². The Bertz CT molecular complexity index is 994. The molecule has 0 saturated carbocycles. The molecule has 0 bridgehead atoms. The van der Waals surface area contributed by atoms with Crippen LogP contribution in [0.25, 0.3) is 11.5 Å². The van der Waals surface area contributed by atoms with E-state index in [1.807, 2.05) is 6.07 Å². The number of ether oxygens (including phenoxy) is 1. The molecular weight excluding hydrogens is 366 g/mol. The summed E-state index contributed by atoms with van der Waals surface area (Å²) in [6.07, 6.45) is 1.66. The van der Waals surface area contributed by atoms with E-state index in [-0.39, 0.29) is 16.5 Å². The van der Waals surface area contributed by atoms with Crippen molar-refractivity contribution in [1.82, 2.24) is 14.5 Å². The summed E-state index contributed by atoms with van der Waals surface area (Å²) >= 11 is 5.98. The van der Waals surface area contributed by atoms with Gasteiger partial charge in [0.05, 0.1) is 23.6 Å². The third-order valence-corrected chi connectivity index (χ3v) is 5.30. The van der Waals surface area contributed by atoms with Crippen LogP contribution in [-0.4, -0.2) is 25.3 Å². The molecule has 9 heteroatoms. The Morgan fingerprint density at radius 1 is 1.28 bits per heavy atom. The van der Waals surface area contributed by atoms with E-state index in [1.165, 1.54) is 25.3 Å². The van der Waals surface area contributed by atoms with Crippen LogP contribution < -0.4 is 9.46 Å². The summed E-state index contributed by atoms with van der Waals surface area (Å²) in [7, 11) is -0.464. The number of nitrogens with zero attached hydrogens (tertiary/aromatic N) is 2. The highest BCUT2D eigenvalue weighted by Crippen LogP contribution is 2.27. The minimum atomic E-state index is -3.73. The molecule has 1 N–H and O–H groups in total. The fraction of sp³-hybridized carbons (Fsp3) is 0.188. The first-order valence-corrected chi connectivity index (χ1v) is 9.17. The van der Waals surface area contributed by atoms with Crippen LogP contribution in [0, 0.1) is 0 Å². The fourth-order valence-electron chi connectivity index (χ4n) is 2.29. The number of halogens is 1. The lowest BCUT2D eigenvalue weighted by atomic mass is 10.3. The molecule has 0 amide bonds. The average molecular weight is 382 g/mol. The predicted octanol–water partition coefficient (Wildman–Crippen LogP) is 2.82. The van der Waals surface area contributed by atoms with Crippen LogP contribution in [0.4, 0.5) is 0 Å². The monoisotopic (exact) mass is 381 g/mol. The molecule has 132 valence electrons. The normalized spacial score (nSPS) is 11.6. The second-order valence-corrected chi connectivity index (χ2v) is 7.40. The maximum Gasteiger partial charge on any atom is 0.241 e. The lowest BCUT2D eigenvalue weighted by molar-refractivity contribution is 0.414. The average Bonchev–Trinajstić information content (AvgIpc) is 3.21. The van der Waals surface area contributed by atoms with Crippen molar-refractivity contribution in [3.63, 3.8) is 0 Å². The second-order valence-electron chi connectivity index (χ2n) is 5.23. The Labute approximate surface area is 150 Å². The summed E-state index contributed by atoms with van der Waals surface area (Å²) in [5.74, 6) is 1.51. The molecule has 0 saturated heterocycles. The molecule has 3 aromatic rings. The number of methoxy groups -OCH3 is 1. The molecule has 2 heterocycles. The van der Waals surface area contributed by atoms with Gasteiger partial charge in [-0.2, -0.15) is 5.10 Å². The van der Waals surface area contributed by atoms with E-state index in [9.17, 15) is 8.42 Å². The third kappa shape index (κ3) is 3.71. The molecule has 0 aliphatic carbocycles.